The van der Waals surface area contributed by atoms with Gasteiger partial charge in [-0.2, -0.15) is 0 Å². The Morgan fingerprint density at radius 3 is 1.54 bits per heavy atom. The van der Waals surface area contributed by atoms with Gasteiger partial charge in [0.15, 0.2) is 5.82 Å². The smallest absolute Gasteiger partial charge is 0.160 e. The molecular weight excluding hydrogens is 677 g/mol. The van der Waals surface area contributed by atoms with Crippen molar-refractivity contribution in [1.29, 1.82) is 0 Å². The summed E-state index contributed by atoms with van der Waals surface area (Å²) in [6.07, 6.45) is 7.04. The molecule has 0 N–H and O–H groups in total. The molecule has 0 saturated heterocycles. The number of aromatic nitrogens is 2. The summed E-state index contributed by atoms with van der Waals surface area (Å²) in [5, 5.41) is 2.64. The minimum atomic E-state index is 0.149. The van der Waals surface area contributed by atoms with Crippen molar-refractivity contribution in [3.63, 3.8) is 0 Å². The van der Waals surface area contributed by atoms with Gasteiger partial charge in [-0.15, -0.1) is 0 Å². The molecule has 5 aliphatic carbocycles. The number of rotatable bonds is 5. The summed E-state index contributed by atoms with van der Waals surface area (Å²) in [4.78, 5) is 10.6. The average Bonchev–Trinajstić information content (AvgIpc) is 3.57. The van der Waals surface area contributed by atoms with Crippen LogP contribution in [0.25, 0.3) is 78.1 Å². The summed E-state index contributed by atoms with van der Waals surface area (Å²) in [6, 6.07) is 62.3. The minimum absolute atomic E-state index is 0.149. The van der Waals surface area contributed by atoms with E-state index in [-0.39, 0.29) is 5.41 Å². The number of fused-ring (bicyclic) bond motifs is 5. The molecule has 1 heterocycles. The van der Waals surface area contributed by atoms with Crippen molar-refractivity contribution in [3.05, 3.63) is 181 Å². The second-order valence-corrected chi connectivity index (χ2v) is 17.0. The van der Waals surface area contributed by atoms with Crippen LogP contribution < -0.4 is 0 Å². The first-order valence-electron chi connectivity index (χ1n) is 20.6. The third-order valence-corrected chi connectivity index (χ3v) is 14.1. The molecule has 0 radical (unpaired) electrons. The van der Waals surface area contributed by atoms with Crippen LogP contribution in [0.2, 0.25) is 0 Å². The van der Waals surface area contributed by atoms with Gasteiger partial charge in [0.2, 0.25) is 0 Å². The number of nitrogens with zero attached hydrogens (tertiary/aromatic N) is 2. The molecule has 7 aromatic carbocycles. The van der Waals surface area contributed by atoms with Gasteiger partial charge in [0.25, 0.3) is 0 Å². The molecule has 0 unspecified atom stereocenters. The zero-order valence-electron chi connectivity index (χ0n) is 31.4. The highest BCUT2D eigenvalue weighted by Gasteiger charge is 2.61. The van der Waals surface area contributed by atoms with Crippen LogP contribution in [0.5, 0.6) is 0 Å². The molecule has 4 saturated carbocycles. The molecule has 268 valence electrons. The summed E-state index contributed by atoms with van der Waals surface area (Å²) in [6.45, 7) is 0. The van der Waals surface area contributed by atoms with Crippen LogP contribution >= 0.6 is 0 Å². The van der Waals surface area contributed by atoms with Crippen LogP contribution in [0.1, 0.15) is 43.2 Å². The largest absolute Gasteiger partial charge is 0.228 e. The molecule has 2 nitrogen and oxygen atoms in total. The van der Waals surface area contributed by atoms with Crippen LogP contribution in [0, 0.1) is 23.7 Å². The van der Waals surface area contributed by atoms with Gasteiger partial charge in [0, 0.05) is 22.1 Å². The van der Waals surface area contributed by atoms with E-state index in [0.29, 0.717) is 0 Å². The molecule has 0 aliphatic heterocycles. The van der Waals surface area contributed by atoms with Gasteiger partial charge in [-0.3, -0.25) is 0 Å². The Kier molecular flexibility index (Phi) is 7.15. The lowest BCUT2D eigenvalue weighted by atomic mass is 9.43. The Balaban J connectivity index is 1.01. The summed E-state index contributed by atoms with van der Waals surface area (Å²) < 4.78 is 0. The zero-order chi connectivity index (χ0) is 36.8. The van der Waals surface area contributed by atoms with Crippen LogP contribution in [0.15, 0.2) is 170 Å². The van der Waals surface area contributed by atoms with Crippen molar-refractivity contribution in [3.8, 4) is 67.3 Å². The fraction of sp³-hybridized carbons (Fsp3) is 0.185. The molecule has 8 aromatic rings. The van der Waals surface area contributed by atoms with Gasteiger partial charge >= 0.3 is 0 Å². The van der Waals surface area contributed by atoms with Gasteiger partial charge in [-0.05, 0) is 123 Å². The minimum Gasteiger partial charge on any atom is -0.228 e. The molecule has 56 heavy (non-hydrogen) atoms. The molecular formula is C54H42N2. The van der Waals surface area contributed by atoms with E-state index in [2.05, 4.69) is 170 Å². The van der Waals surface area contributed by atoms with Crippen molar-refractivity contribution in [2.75, 3.05) is 0 Å². The molecule has 0 atom stereocenters. The van der Waals surface area contributed by atoms with Crippen molar-refractivity contribution < 1.29 is 0 Å². The topological polar surface area (TPSA) is 25.8 Å². The highest BCUT2D eigenvalue weighted by atomic mass is 14.9. The quantitative estimate of drug-likeness (QED) is 0.177. The lowest BCUT2D eigenvalue weighted by Crippen LogP contribution is -2.55. The van der Waals surface area contributed by atoms with E-state index in [1.165, 1.54) is 76.3 Å². The monoisotopic (exact) mass is 718 g/mol. The van der Waals surface area contributed by atoms with Crippen molar-refractivity contribution >= 4 is 10.8 Å². The first kappa shape index (κ1) is 32.2. The SMILES string of the molecule is c1ccc(-c2ccc(-c3cc(-c4ccc5ccc6c(c5c4)-c4ccccc4C64C5CC6CC(C5)CC4C6)nc(-c4ccc(-c5ccccc5)cc4)n3)cc2)cc1. The van der Waals surface area contributed by atoms with Gasteiger partial charge in [0.1, 0.15) is 0 Å². The third kappa shape index (κ3) is 4.88. The standard InChI is InChI=1S/C54H42N2/c1-3-9-36(10-4-1)38-15-20-41(21-16-38)50-33-51(56-53(55-50)42-22-17-39(18-23-42)37-11-5-2-6-12-37)43-24-19-40-25-26-49-52(47(40)32-43)46-13-7-8-14-48(46)54(49)44-28-34-27-35(30-44)31-45(54)29-34/h1-26,32-35,44-45H,27-31H2. The summed E-state index contributed by atoms with van der Waals surface area (Å²) in [7, 11) is 0. The second-order valence-electron chi connectivity index (χ2n) is 17.0. The zero-order valence-corrected chi connectivity index (χ0v) is 31.4. The summed E-state index contributed by atoms with van der Waals surface area (Å²) >= 11 is 0. The fourth-order valence-electron chi connectivity index (χ4n) is 11.9. The first-order valence-corrected chi connectivity index (χ1v) is 20.6. The van der Waals surface area contributed by atoms with Gasteiger partial charge in [-0.1, -0.05) is 158 Å². The van der Waals surface area contributed by atoms with Crippen LogP contribution in [0.4, 0.5) is 0 Å². The molecule has 5 aliphatic rings. The first-order chi connectivity index (χ1) is 27.7. The van der Waals surface area contributed by atoms with Gasteiger partial charge in [-0.25, -0.2) is 9.97 Å². The van der Waals surface area contributed by atoms with E-state index >= 15 is 0 Å². The fourth-order valence-corrected chi connectivity index (χ4v) is 11.9. The highest BCUT2D eigenvalue weighted by Crippen LogP contribution is 2.69. The highest BCUT2D eigenvalue weighted by molar-refractivity contribution is 6.04. The lowest BCUT2D eigenvalue weighted by Gasteiger charge is -2.61. The normalized spacial score (nSPS) is 22.7. The maximum Gasteiger partial charge on any atom is 0.160 e. The van der Waals surface area contributed by atoms with Crippen molar-refractivity contribution in [2.45, 2.75) is 37.5 Å². The third-order valence-electron chi connectivity index (χ3n) is 14.1. The molecule has 2 heteroatoms. The predicted octanol–water partition coefficient (Wildman–Crippen LogP) is 13.7. The Morgan fingerprint density at radius 2 is 0.893 bits per heavy atom. The molecule has 13 rings (SSSR count). The van der Waals surface area contributed by atoms with E-state index in [1.807, 2.05) is 0 Å². The van der Waals surface area contributed by atoms with Crippen LogP contribution in [-0.4, -0.2) is 9.97 Å². The van der Waals surface area contributed by atoms with Gasteiger partial charge < -0.3 is 0 Å². The molecule has 4 bridgehead atoms. The van der Waals surface area contributed by atoms with E-state index in [0.717, 1.165) is 57.6 Å². The van der Waals surface area contributed by atoms with Crippen molar-refractivity contribution in [2.24, 2.45) is 23.7 Å². The number of hydrogen-bond donors (Lipinski definition) is 0. The van der Waals surface area contributed by atoms with E-state index in [9.17, 15) is 0 Å². The molecule has 4 fully saturated rings. The average molecular weight is 719 g/mol. The van der Waals surface area contributed by atoms with E-state index in [1.54, 1.807) is 11.1 Å². The maximum atomic E-state index is 5.34. The maximum absolute atomic E-state index is 5.34. The summed E-state index contributed by atoms with van der Waals surface area (Å²) in [5.74, 6) is 4.08. The van der Waals surface area contributed by atoms with Gasteiger partial charge in [0.05, 0.1) is 11.4 Å². The Bertz CT molecular complexity index is 2650. The van der Waals surface area contributed by atoms with Crippen LogP contribution in [0.3, 0.4) is 0 Å². The Hall–Kier alpha value is -6.12. The Morgan fingerprint density at radius 1 is 0.393 bits per heavy atom. The predicted molar refractivity (Wildman–Crippen MR) is 230 cm³/mol. The molecule has 1 spiro atoms. The van der Waals surface area contributed by atoms with Crippen molar-refractivity contribution in [1.82, 2.24) is 9.97 Å². The lowest BCUT2D eigenvalue weighted by molar-refractivity contribution is -0.0399. The number of benzene rings is 7. The molecule has 1 aromatic heterocycles. The van der Waals surface area contributed by atoms with Crippen LogP contribution in [-0.2, 0) is 5.41 Å². The Labute approximate surface area is 329 Å². The summed E-state index contributed by atoms with van der Waals surface area (Å²) in [5.41, 5.74) is 16.1. The second kappa shape index (κ2) is 12.4. The van der Waals surface area contributed by atoms with E-state index < -0.39 is 0 Å². The van der Waals surface area contributed by atoms with E-state index in [4.69, 9.17) is 9.97 Å². The molecule has 0 amide bonds. The number of hydrogen-bond acceptors (Lipinski definition) is 2.